The molecule has 0 radical (unpaired) electrons. The van der Waals surface area contributed by atoms with Crippen LogP contribution in [0.15, 0.2) is 39.9 Å². The number of rotatable bonds is 4. The fourth-order valence-corrected chi connectivity index (χ4v) is 4.41. The number of halogens is 1. The van der Waals surface area contributed by atoms with Gasteiger partial charge in [-0.1, -0.05) is 11.6 Å². The maximum Gasteiger partial charge on any atom is 0.0922 e. The molecular weight excluding hydrogens is 310 g/mol. The Balaban J connectivity index is 1.69. The van der Waals surface area contributed by atoms with Crippen LogP contribution in [0.3, 0.4) is 0 Å². The number of aliphatic hydroxyl groups excluding tert-OH is 1. The summed E-state index contributed by atoms with van der Waals surface area (Å²) in [6.45, 7) is 0.567. The van der Waals surface area contributed by atoms with Gasteiger partial charge in [0.15, 0.2) is 0 Å². The number of hydrogen-bond donors (Lipinski definition) is 2. The molecule has 1 aromatic carbocycles. The van der Waals surface area contributed by atoms with E-state index in [4.69, 9.17) is 11.6 Å². The van der Waals surface area contributed by atoms with Gasteiger partial charge in [0.2, 0.25) is 0 Å². The lowest BCUT2D eigenvalue weighted by molar-refractivity contribution is 0.169. The molecule has 0 amide bonds. The van der Waals surface area contributed by atoms with Crippen LogP contribution in [-0.4, -0.2) is 17.4 Å². The molecule has 2 unspecified atom stereocenters. The number of nitrogens with one attached hydrogen (secondary N) is 1. The Hall–Kier alpha value is -0.520. The van der Waals surface area contributed by atoms with Crippen molar-refractivity contribution in [3.8, 4) is 0 Å². The summed E-state index contributed by atoms with van der Waals surface area (Å²) in [5.41, 5.74) is 2.24. The van der Waals surface area contributed by atoms with Crippen LogP contribution in [0.2, 0.25) is 5.02 Å². The molecule has 2 aromatic rings. The van der Waals surface area contributed by atoms with Crippen LogP contribution < -0.4 is 5.32 Å². The summed E-state index contributed by atoms with van der Waals surface area (Å²) in [6.07, 6.45) is 0.618. The third-order valence-corrected chi connectivity index (χ3v) is 5.56. The van der Waals surface area contributed by atoms with Gasteiger partial charge in [-0.2, -0.15) is 11.3 Å². The number of thioether (sulfide) groups is 1. The molecule has 106 valence electrons. The standard InChI is InChI=1S/C15H16ClNOS2/c16-11-1-2-15-12(7-11)13(4-6-20-15)17-8-14(18)10-3-5-19-9-10/h1-3,5,7,9,13-14,17-18H,4,6,8H2. The summed E-state index contributed by atoms with van der Waals surface area (Å²) < 4.78 is 0. The molecule has 0 aliphatic carbocycles. The van der Waals surface area contributed by atoms with E-state index in [1.165, 1.54) is 10.5 Å². The highest BCUT2D eigenvalue weighted by molar-refractivity contribution is 7.99. The Bertz CT molecular complexity index is 573. The van der Waals surface area contributed by atoms with Crippen molar-refractivity contribution < 1.29 is 5.11 Å². The molecule has 2 atom stereocenters. The highest BCUT2D eigenvalue weighted by Gasteiger charge is 2.21. The predicted molar refractivity (Wildman–Crippen MR) is 86.8 cm³/mol. The van der Waals surface area contributed by atoms with E-state index in [1.807, 2.05) is 40.7 Å². The molecule has 0 saturated carbocycles. The Morgan fingerprint density at radius 3 is 3.10 bits per heavy atom. The minimum absolute atomic E-state index is 0.276. The molecule has 20 heavy (non-hydrogen) atoms. The van der Waals surface area contributed by atoms with Gasteiger partial charge < -0.3 is 10.4 Å². The average molecular weight is 326 g/mol. The Labute approximate surface area is 132 Å². The van der Waals surface area contributed by atoms with E-state index in [1.54, 1.807) is 11.3 Å². The van der Waals surface area contributed by atoms with Gasteiger partial charge in [0.05, 0.1) is 6.10 Å². The van der Waals surface area contributed by atoms with Gasteiger partial charge in [0, 0.05) is 22.5 Å². The van der Waals surface area contributed by atoms with Crippen molar-refractivity contribution >= 4 is 34.7 Å². The van der Waals surface area contributed by atoms with Crippen LogP contribution in [0, 0.1) is 0 Å². The van der Waals surface area contributed by atoms with Crippen molar-refractivity contribution in [2.75, 3.05) is 12.3 Å². The first-order valence-electron chi connectivity index (χ1n) is 6.60. The largest absolute Gasteiger partial charge is 0.387 e. The number of fused-ring (bicyclic) bond motifs is 1. The van der Waals surface area contributed by atoms with Crippen LogP contribution in [-0.2, 0) is 0 Å². The predicted octanol–water partition coefficient (Wildman–Crippen LogP) is 4.26. The second-order valence-corrected chi connectivity index (χ2v) is 7.21. The maximum absolute atomic E-state index is 10.2. The SMILES string of the molecule is OC(CNC1CCSc2ccc(Cl)cc21)c1ccsc1. The molecule has 1 aliphatic rings. The summed E-state index contributed by atoms with van der Waals surface area (Å²) in [4.78, 5) is 1.29. The van der Waals surface area contributed by atoms with E-state index in [0.29, 0.717) is 6.54 Å². The molecule has 2 N–H and O–H groups in total. The van der Waals surface area contributed by atoms with Gasteiger partial charge in [-0.15, -0.1) is 11.8 Å². The van der Waals surface area contributed by atoms with Gasteiger partial charge in [0.1, 0.15) is 0 Å². The van der Waals surface area contributed by atoms with E-state index < -0.39 is 6.10 Å². The smallest absolute Gasteiger partial charge is 0.0922 e. The lowest BCUT2D eigenvalue weighted by Gasteiger charge is -2.27. The van der Waals surface area contributed by atoms with Crippen LogP contribution in [0.1, 0.15) is 29.7 Å². The second-order valence-electron chi connectivity index (χ2n) is 4.85. The minimum atomic E-state index is -0.446. The fraction of sp³-hybridized carbons (Fsp3) is 0.333. The Morgan fingerprint density at radius 1 is 1.40 bits per heavy atom. The van der Waals surface area contributed by atoms with E-state index in [2.05, 4.69) is 11.4 Å². The monoisotopic (exact) mass is 325 g/mol. The minimum Gasteiger partial charge on any atom is -0.387 e. The molecule has 2 heterocycles. The zero-order valence-electron chi connectivity index (χ0n) is 10.9. The first-order chi connectivity index (χ1) is 9.74. The lowest BCUT2D eigenvalue weighted by Crippen LogP contribution is -2.28. The molecule has 0 spiro atoms. The molecule has 3 rings (SSSR count). The molecule has 0 saturated heterocycles. The van der Waals surface area contributed by atoms with Gasteiger partial charge in [0.25, 0.3) is 0 Å². The highest BCUT2D eigenvalue weighted by Crippen LogP contribution is 2.37. The normalized spacial score (nSPS) is 19.6. The van der Waals surface area contributed by atoms with Crippen molar-refractivity contribution in [3.05, 3.63) is 51.2 Å². The summed E-state index contributed by atoms with van der Waals surface area (Å²) in [5, 5.41) is 18.4. The van der Waals surface area contributed by atoms with E-state index in [0.717, 1.165) is 22.8 Å². The molecule has 2 nitrogen and oxygen atoms in total. The van der Waals surface area contributed by atoms with Crippen LogP contribution in [0.4, 0.5) is 0 Å². The quantitative estimate of drug-likeness (QED) is 0.881. The number of thiophene rings is 1. The molecule has 1 aromatic heterocycles. The molecule has 5 heteroatoms. The average Bonchev–Trinajstić information content (AvgIpc) is 2.99. The summed E-state index contributed by atoms with van der Waals surface area (Å²) >= 11 is 9.59. The first kappa shape index (κ1) is 14.4. The van der Waals surface area contributed by atoms with Gasteiger partial charge in [-0.3, -0.25) is 0 Å². The number of aliphatic hydroxyl groups is 1. The second kappa shape index (κ2) is 6.50. The number of benzene rings is 1. The zero-order chi connectivity index (χ0) is 13.9. The summed E-state index contributed by atoms with van der Waals surface area (Å²) in [6, 6.07) is 8.32. The van der Waals surface area contributed by atoms with Crippen molar-refractivity contribution in [1.29, 1.82) is 0 Å². The summed E-state index contributed by atoms with van der Waals surface area (Å²) in [7, 11) is 0. The van der Waals surface area contributed by atoms with E-state index >= 15 is 0 Å². The van der Waals surface area contributed by atoms with Crippen molar-refractivity contribution in [2.45, 2.75) is 23.5 Å². The molecule has 0 bridgehead atoms. The van der Waals surface area contributed by atoms with Crippen LogP contribution >= 0.6 is 34.7 Å². The Kier molecular flexibility index (Phi) is 4.68. The van der Waals surface area contributed by atoms with Gasteiger partial charge in [-0.05, 0) is 58.3 Å². The lowest BCUT2D eigenvalue weighted by atomic mass is 10.0. The third kappa shape index (κ3) is 3.21. The topological polar surface area (TPSA) is 32.3 Å². The van der Waals surface area contributed by atoms with Crippen molar-refractivity contribution in [2.24, 2.45) is 0 Å². The van der Waals surface area contributed by atoms with Crippen LogP contribution in [0.25, 0.3) is 0 Å². The van der Waals surface area contributed by atoms with Gasteiger partial charge >= 0.3 is 0 Å². The third-order valence-electron chi connectivity index (χ3n) is 3.50. The van der Waals surface area contributed by atoms with E-state index in [9.17, 15) is 5.11 Å². The maximum atomic E-state index is 10.2. The van der Waals surface area contributed by atoms with Crippen molar-refractivity contribution in [3.63, 3.8) is 0 Å². The highest BCUT2D eigenvalue weighted by atomic mass is 35.5. The van der Waals surface area contributed by atoms with Gasteiger partial charge in [-0.25, -0.2) is 0 Å². The van der Waals surface area contributed by atoms with Crippen molar-refractivity contribution in [1.82, 2.24) is 5.32 Å². The molecular formula is C15H16ClNOS2. The summed E-state index contributed by atoms with van der Waals surface area (Å²) in [5.74, 6) is 1.10. The van der Waals surface area contributed by atoms with E-state index in [-0.39, 0.29) is 6.04 Å². The Morgan fingerprint density at radius 2 is 2.30 bits per heavy atom. The molecule has 0 fully saturated rings. The zero-order valence-corrected chi connectivity index (χ0v) is 13.3. The van der Waals surface area contributed by atoms with Crippen LogP contribution in [0.5, 0.6) is 0 Å². The molecule has 1 aliphatic heterocycles. The number of hydrogen-bond acceptors (Lipinski definition) is 4. The first-order valence-corrected chi connectivity index (χ1v) is 8.90. The fourth-order valence-electron chi connectivity index (χ4n) is 2.41.